The van der Waals surface area contributed by atoms with E-state index >= 15 is 0 Å². The average Bonchev–Trinajstić information content (AvgIpc) is 3.09. The Balaban J connectivity index is 1.86. The van der Waals surface area contributed by atoms with Gasteiger partial charge in [0.15, 0.2) is 0 Å². The Bertz CT molecular complexity index is 775. The first-order valence-electron chi connectivity index (χ1n) is 7.58. The maximum Gasteiger partial charge on any atom is 0.274 e. The Morgan fingerprint density at radius 3 is 2.74 bits per heavy atom. The van der Waals surface area contributed by atoms with Crippen LogP contribution in [0.25, 0.3) is 0 Å². The van der Waals surface area contributed by atoms with Crippen molar-refractivity contribution in [3.8, 4) is 6.07 Å². The predicted molar refractivity (Wildman–Crippen MR) is 87.3 cm³/mol. The summed E-state index contributed by atoms with van der Waals surface area (Å²) in [5, 5.41) is 11.9. The van der Waals surface area contributed by atoms with E-state index in [1.54, 1.807) is 37.3 Å². The van der Waals surface area contributed by atoms with Crippen molar-refractivity contribution < 1.29 is 4.79 Å². The SMILES string of the molecule is Cc1nc(C(=O)Nc2ccccc2C#N)cc(N2CCCC2)n1. The van der Waals surface area contributed by atoms with E-state index in [9.17, 15) is 4.79 Å². The Labute approximate surface area is 134 Å². The molecule has 3 rings (SSSR count). The number of hydrogen-bond acceptors (Lipinski definition) is 5. The maximum atomic E-state index is 12.5. The number of benzene rings is 1. The second-order valence-corrected chi connectivity index (χ2v) is 5.46. The fraction of sp³-hybridized carbons (Fsp3) is 0.294. The smallest absolute Gasteiger partial charge is 0.274 e. The van der Waals surface area contributed by atoms with Crippen molar-refractivity contribution in [3.63, 3.8) is 0 Å². The van der Waals surface area contributed by atoms with E-state index in [4.69, 9.17) is 5.26 Å². The van der Waals surface area contributed by atoms with Gasteiger partial charge in [0.1, 0.15) is 23.4 Å². The molecule has 0 spiro atoms. The van der Waals surface area contributed by atoms with Crippen LogP contribution in [0, 0.1) is 18.3 Å². The summed E-state index contributed by atoms with van der Waals surface area (Å²) in [6, 6.07) is 10.7. The molecule has 1 saturated heterocycles. The van der Waals surface area contributed by atoms with Crippen molar-refractivity contribution in [2.45, 2.75) is 19.8 Å². The molecule has 1 fully saturated rings. The molecular formula is C17H17N5O. The number of rotatable bonds is 3. The molecule has 23 heavy (non-hydrogen) atoms. The lowest BCUT2D eigenvalue weighted by Gasteiger charge is -2.17. The molecule has 0 saturated carbocycles. The van der Waals surface area contributed by atoms with Gasteiger partial charge < -0.3 is 10.2 Å². The van der Waals surface area contributed by atoms with E-state index in [2.05, 4.69) is 26.3 Å². The number of nitriles is 1. The zero-order valence-electron chi connectivity index (χ0n) is 12.9. The minimum absolute atomic E-state index is 0.312. The summed E-state index contributed by atoms with van der Waals surface area (Å²) in [7, 11) is 0. The largest absolute Gasteiger partial charge is 0.356 e. The third kappa shape index (κ3) is 3.29. The quantitative estimate of drug-likeness (QED) is 0.942. The van der Waals surface area contributed by atoms with Crippen LogP contribution in [0.3, 0.4) is 0 Å². The molecule has 1 aromatic heterocycles. The van der Waals surface area contributed by atoms with Crippen molar-refractivity contribution >= 4 is 17.4 Å². The summed E-state index contributed by atoms with van der Waals surface area (Å²) in [4.78, 5) is 23.3. The van der Waals surface area contributed by atoms with Gasteiger partial charge in [-0.2, -0.15) is 5.26 Å². The summed E-state index contributed by atoms with van der Waals surface area (Å²) in [5.74, 6) is 1.01. The molecule has 6 heteroatoms. The highest BCUT2D eigenvalue weighted by Gasteiger charge is 2.18. The van der Waals surface area contributed by atoms with Gasteiger partial charge in [0.25, 0.3) is 5.91 Å². The predicted octanol–water partition coefficient (Wildman–Crippen LogP) is 2.51. The number of carbonyl (C=O) groups is 1. The fourth-order valence-corrected chi connectivity index (χ4v) is 2.65. The van der Waals surface area contributed by atoms with Gasteiger partial charge >= 0.3 is 0 Å². The molecule has 2 aromatic rings. The number of nitrogens with zero attached hydrogens (tertiary/aromatic N) is 4. The lowest BCUT2D eigenvalue weighted by atomic mass is 10.2. The highest BCUT2D eigenvalue weighted by Crippen LogP contribution is 2.20. The first kappa shape index (κ1) is 15.0. The third-order valence-electron chi connectivity index (χ3n) is 3.78. The summed E-state index contributed by atoms with van der Waals surface area (Å²) < 4.78 is 0. The summed E-state index contributed by atoms with van der Waals surface area (Å²) in [6.07, 6.45) is 2.28. The van der Waals surface area contributed by atoms with Gasteiger partial charge in [-0.3, -0.25) is 4.79 Å². The van der Waals surface area contributed by atoms with Gasteiger partial charge in [-0.15, -0.1) is 0 Å². The van der Waals surface area contributed by atoms with E-state index in [1.807, 2.05) is 0 Å². The average molecular weight is 307 g/mol. The van der Waals surface area contributed by atoms with E-state index in [1.165, 1.54) is 0 Å². The van der Waals surface area contributed by atoms with E-state index in [0.717, 1.165) is 31.7 Å². The topological polar surface area (TPSA) is 81.9 Å². The van der Waals surface area contributed by atoms with Crippen LogP contribution in [0.4, 0.5) is 11.5 Å². The van der Waals surface area contributed by atoms with E-state index < -0.39 is 0 Å². The van der Waals surface area contributed by atoms with Gasteiger partial charge in [0.05, 0.1) is 11.3 Å². The van der Waals surface area contributed by atoms with Crippen LogP contribution >= 0.6 is 0 Å². The number of aryl methyl sites for hydroxylation is 1. The Morgan fingerprint density at radius 1 is 1.26 bits per heavy atom. The van der Waals surface area contributed by atoms with Crippen LogP contribution in [0.1, 0.15) is 34.7 Å². The standard InChI is InChI=1S/C17H17N5O/c1-12-19-15(10-16(20-12)22-8-4-5-9-22)17(23)21-14-7-3-2-6-13(14)11-18/h2-3,6-7,10H,4-5,8-9H2,1H3,(H,21,23). The fourth-order valence-electron chi connectivity index (χ4n) is 2.65. The Morgan fingerprint density at radius 2 is 2.00 bits per heavy atom. The monoisotopic (exact) mass is 307 g/mol. The molecule has 1 aromatic carbocycles. The van der Waals surface area contributed by atoms with Crippen molar-refractivity contribution in [1.29, 1.82) is 5.26 Å². The van der Waals surface area contributed by atoms with Crippen LogP contribution in [-0.2, 0) is 0 Å². The molecule has 116 valence electrons. The van der Waals surface area contributed by atoms with Crippen LogP contribution in [0.2, 0.25) is 0 Å². The number of amides is 1. The highest BCUT2D eigenvalue weighted by atomic mass is 16.1. The maximum absolute atomic E-state index is 12.5. The summed E-state index contributed by atoms with van der Waals surface area (Å²) >= 11 is 0. The van der Waals surface area contributed by atoms with Gasteiger partial charge in [-0.1, -0.05) is 12.1 Å². The molecular weight excluding hydrogens is 290 g/mol. The van der Waals surface area contributed by atoms with E-state index in [-0.39, 0.29) is 5.91 Å². The molecule has 1 aliphatic heterocycles. The molecule has 0 radical (unpaired) electrons. The number of anilines is 2. The molecule has 1 N–H and O–H groups in total. The number of carbonyl (C=O) groups excluding carboxylic acids is 1. The lowest BCUT2D eigenvalue weighted by molar-refractivity contribution is 0.102. The number of para-hydroxylation sites is 1. The zero-order valence-corrected chi connectivity index (χ0v) is 12.9. The first-order chi connectivity index (χ1) is 11.2. The van der Waals surface area contributed by atoms with Crippen molar-refractivity contribution in [2.75, 3.05) is 23.3 Å². The second kappa shape index (κ2) is 6.44. The zero-order chi connectivity index (χ0) is 16.2. The minimum atomic E-state index is -0.335. The van der Waals surface area contributed by atoms with Crippen LogP contribution in [0.5, 0.6) is 0 Å². The molecule has 2 heterocycles. The number of nitrogens with one attached hydrogen (secondary N) is 1. The lowest BCUT2D eigenvalue weighted by Crippen LogP contribution is -2.22. The number of hydrogen-bond donors (Lipinski definition) is 1. The normalized spacial score (nSPS) is 13.7. The molecule has 0 aliphatic carbocycles. The van der Waals surface area contributed by atoms with Crippen LogP contribution < -0.4 is 10.2 Å². The van der Waals surface area contributed by atoms with Crippen molar-refractivity contribution in [3.05, 3.63) is 47.4 Å². The first-order valence-corrected chi connectivity index (χ1v) is 7.58. The van der Waals surface area contributed by atoms with Crippen molar-refractivity contribution in [2.24, 2.45) is 0 Å². The molecule has 0 bridgehead atoms. The van der Waals surface area contributed by atoms with Crippen LogP contribution in [0.15, 0.2) is 30.3 Å². The molecule has 6 nitrogen and oxygen atoms in total. The molecule has 0 atom stereocenters. The highest BCUT2D eigenvalue weighted by molar-refractivity contribution is 6.04. The third-order valence-corrected chi connectivity index (χ3v) is 3.78. The Kier molecular flexibility index (Phi) is 4.20. The van der Waals surface area contributed by atoms with Gasteiger partial charge in [-0.05, 0) is 31.9 Å². The molecule has 1 amide bonds. The molecule has 0 unspecified atom stereocenters. The van der Waals surface area contributed by atoms with Gasteiger partial charge in [0, 0.05) is 19.2 Å². The van der Waals surface area contributed by atoms with Gasteiger partial charge in [-0.25, -0.2) is 9.97 Å². The van der Waals surface area contributed by atoms with Crippen LogP contribution in [-0.4, -0.2) is 29.0 Å². The second-order valence-electron chi connectivity index (χ2n) is 5.46. The van der Waals surface area contributed by atoms with Crippen molar-refractivity contribution in [1.82, 2.24) is 9.97 Å². The minimum Gasteiger partial charge on any atom is -0.356 e. The molecule has 1 aliphatic rings. The van der Waals surface area contributed by atoms with Gasteiger partial charge in [0.2, 0.25) is 0 Å². The summed E-state index contributed by atoms with van der Waals surface area (Å²) in [5.41, 5.74) is 1.22. The summed E-state index contributed by atoms with van der Waals surface area (Å²) in [6.45, 7) is 3.68. The van der Waals surface area contributed by atoms with E-state index in [0.29, 0.717) is 22.8 Å². The Hall–Kier alpha value is -2.94. The number of aromatic nitrogens is 2.